The molecule has 0 aromatic heterocycles. The van der Waals surface area contributed by atoms with E-state index in [0.717, 1.165) is 12.8 Å². The van der Waals surface area contributed by atoms with E-state index in [0.29, 0.717) is 32.1 Å². The Morgan fingerprint density at radius 3 is 2.13 bits per heavy atom. The summed E-state index contributed by atoms with van der Waals surface area (Å²) in [5, 5.41) is 98.9. The molecule has 6 rings (SSSR count). The Kier molecular flexibility index (Phi) is 12.2. The third-order valence-electron chi connectivity index (χ3n) is 14.9. The summed E-state index contributed by atoms with van der Waals surface area (Å²) in [5.41, 5.74) is -2.26. The van der Waals surface area contributed by atoms with Gasteiger partial charge in [0.15, 0.2) is 12.6 Å². The molecule has 14 heteroatoms. The molecule has 2 aliphatic heterocycles. The largest absolute Gasteiger partial charge is 0.394 e. The van der Waals surface area contributed by atoms with Crippen LogP contribution in [0.5, 0.6) is 0 Å². The molecule has 2 saturated heterocycles. The van der Waals surface area contributed by atoms with Gasteiger partial charge in [-0.05, 0) is 79.4 Å². The minimum atomic E-state index is -1.31. The van der Waals surface area contributed by atoms with Crippen LogP contribution >= 0.6 is 0 Å². The van der Waals surface area contributed by atoms with Crippen molar-refractivity contribution >= 4 is 0 Å². The standard InChI is InChI=1S/C38H66O14/c1-17(2)24(50-34-30(46)31(25(15-39)51-34)52-35-32(48-6)29(45)23(43)16-49-35)8-7-18(3)19-13-21(41)33-36(19,4)12-10-26-37(5)11-9-20(40)28(44)27(37)22(42)14-38(26,33)47/h17-35,39-47H,7-16H2,1-6H3/t18-,19-,20+,21+,22-,23+,24?,25-,26?,27?,28+,29-,30+,31-,32+,33?,34+,35-,36?,37-,38+/m1/s1. The first kappa shape index (κ1) is 41.1. The number of rotatable bonds is 11. The van der Waals surface area contributed by atoms with Crippen LogP contribution in [0.1, 0.15) is 86.0 Å². The lowest BCUT2D eigenvalue weighted by molar-refractivity contribution is -0.296. The van der Waals surface area contributed by atoms with Crippen molar-refractivity contribution in [2.75, 3.05) is 20.3 Å². The molecule has 4 saturated carbocycles. The molecule has 9 N–H and O–H groups in total. The van der Waals surface area contributed by atoms with Crippen molar-refractivity contribution in [1.29, 1.82) is 0 Å². The van der Waals surface area contributed by atoms with Crippen LogP contribution < -0.4 is 0 Å². The molecule has 14 nitrogen and oxygen atoms in total. The van der Waals surface area contributed by atoms with Gasteiger partial charge in [-0.15, -0.1) is 0 Å². The van der Waals surface area contributed by atoms with E-state index in [2.05, 4.69) is 13.8 Å². The fourth-order valence-electron chi connectivity index (χ4n) is 12.3. The zero-order valence-electron chi connectivity index (χ0n) is 31.6. The Bertz CT molecular complexity index is 1210. The number of fused-ring (bicyclic) bond motifs is 5. The van der Waals surface area contributed by atoms with E-state index in [9.17, 15) is 46.0 Å². The van der Waals surface area contributed by atoms with Gasteiger partial charge in [0.1, 0.15) is 36.6 Å². The summed E-state index contributed by atoms with van der Waals surface area (Å²) in [6.07, 6.45) is -8.50. The maximum atomic E-state index is 12.6. The summed E-state index contributed by atoms with van der Waals surface area (Å²) in [7, 11) is 1.35. The van der Waals surface area contributed by atoms with E-state index >= 15 is 0 Å². The fourth-order valence-corrected chi connectivity index (χ4v) is 12.3. The summed E-state index contributed by atoms with van der Waals surface area (Å²) < 4.78 is 29.2. The van der Waals surface area contributed by atoms with Gasteiger partial charge < -0.3 is 69.6 Å². The van der Waals surface area contributed by atoms with Crippen LogP contribution in [-0.2, 0) is 23.7 Å². The highest BCUT2D eigenvalue weighted by Gasteiger charge is 2.71. The van der Waals surface area contributed by atoms with E-state index in [1.54, 1.807) is 0 Å². The normalized spacial score (nSPS) is 53.3. The van der Waals surface area contributed by atoms with Crippen molar-refractivity contribution < 1.29 is 69.6 Å². The predicted molar refractivity (Wildman–Crippen MR) is 184 cm³/mol. The molecule has 5 unspecified atom stereocenters. The second-order valence-corrected chi connectivity index (χ2v) is 18.1. The zero-order valence-corrected chi connectivity index (χ0v) is 31.6. The smallest absolute Gasteiger partial charge is 0.187 e. The third-order valence-corrected chi connectivity index (χ3v) is 14.9. The molecule has 0 radical (unpaired) electrons. The van der Waals surface area contributed by atoms with Gasteiger partial charge in [0.2, 0.25) is 0 Å². The topological polar surface area (TPSA) is 228 Å². The van der Waals surface area contributed by atoms with Crippen LogP contribution in [0.25, 0.3) is 0 Å². The average molecular weight is 747 g/mol. The van der Waals surface area contributed by atoms with E-state index in [1.165, 1.54) is 7.11 Å². The van der Waals surface area contributed by atoms with E-state index in [-0.39, 0.29) is 48.2 Å². The van der Waals surface area contributed by atoms with Gasteiger partial charge >= 0.3 is 0 Å². The van der Waals surface area contributed by atoms with Gasteiger partial charge in [0.05, 0.1) is 49.3 Å². The molecule has 0 spiro atoms. The molecule has 21 atom stereocenters. The molecule has 0 aromatic carbocycles. The molecule has 6 aliphatic rings. The van der Waals surface area contributed by atoms with Gasteiger partial charge in [0.25, 0.3) is 0 Å². The maximum absolute atomic E-state index is 12.6. The zero-order chi connectivity index (χ0) is 38.1. The van der Waals surface area contributed by atoms with Crippen molar-refractivity contribution in [2.45, 2.75) is 171 Å². The fraction of sp³-hybridized carbons (Fsp3) is 1.00. The molecule has 302 valence electrons. The SMILES string of the molecule is CO[C@@H]1[C@@H](O[C@H]2[C@H](O)[C@@H](OC(CC[C@@H](C)[C@H]3C[C@H](O)C4C3(C)CCC3[C@@]5(C)CC[C@H](O)[C@H](O)C5[C@H](O)C[C@@]43O)C(C)C)O[C@@H]2CO)OC[C@H](O)[C@H]1O. The first-order valence-corrected chi connectivity index (χ1v) is 19.6. The van der Waals surface area contributed by atoms with Crippen molar-refractivity contribution in [2.24, 2.45) is 46.3 Å². The second-order valence-electron chi connectivity index (χ2n) is 18.1. The summed E-state index contributed by atoms with van der Waals surface area (Å²) >= 11 is 0. The Labute approximate surface area is 307 Å². The average Bonchev–Trinajstić information content (AvgIpc) is 3.53. The Balaban J connectivity index is 1.11. The molecule has 4 aliphatic carbocycles. The second kappa shape index (κ2) is 15.4. The Morgan fingerprint density at radius 1 is 0.788 bits per heavy atom. The summed E-state index contributed by atoms with van der Waals surface area (Å²) in [6, 6.07) is 0. The van der Waals surface area contributed by atoms with Crippen molar-refractivity contribution in [3.8, 4) is 0 Å². The maximum Gasteiger partial charge on any atom is 0.187 e. The van der Waals surface area contributed by atoms with Gasteiger partial charge in [-0.1, -0.05) is 34.6 Å². The minimum Gasteiger partial charge on any atom is -0.394 e. The number of hydrogen-bond donors (Lipinski definition) is 9. The number of aliphatic hydroxyl groups excluding tert-OH is 8. The van der Waals surface area contributed by atoms with Crippen LogP contribution in [0.2, 0.25) is 0 Å². The highest BCUT2D eigenvalue weighted by atomic mass is 16.8. The van der Waals surface area contributed by atoms with Crippen LogP contribution in [0, 0.1) is 46.3 Å². The molecular formula is C38H66O14. The number of methoxy groups -OCH3 is 1. The van der Waals surface area contributed by atoms with Crippen molar-refractivity contribution in [3.63, 3.8) is 0 Å². The van der Waals surface area contributed by atoms with E-state index in [4.69, 9.17) is 23.7 Å². The number of aliphatic hydroxyl groups is 9. The van der Waals surface area contributed by atoms with Crippen LogP contribution in [0.3, 0.4) is 0 Å². The lowest BCUT2D eigenvalue weighted by Crippen LogP contribution is -2.70. The monoisotopic (exact) mass is 746 g/mol. The lowest BCUT2D eigenvalue weighted by Gasteiger charge is -2.66. The Morgan fingerprint density at radius 2 is 1.48 bits per heavy atom. The summed E-state index contributed by atoms with van der Waals surface area (Å²) in [6.45, 7) is 9.80. The molecule has 52 heavy (non-hydrogen) atoms. The van der Waals surface area contributed by atoms with Gasteiger partial charge in [-0.25, -0.2) is 0 Å². The summed E-state index contributed by atoms with van der Waals surface area (Å²) in [4.78, 5) is 0. The van der Waals surface area contributed by atoms with Gasteiger partial charge in [-0.3, -0.25) is 0 Å². The van der Waals surface area contributed by atoms with Gasteiger partial charge in [-0.2, -0.15) is 0 Å². The minimum absolute atomic E-state index is 0.0437. The van der Waals surface area contributed by atoms with Crippen LogP contribution in [0.4, 0.5) is 0 Å². The lowest BCUT2D eigenvalue weighted by atomic mass is 9.41. The quantitative estimate of drug-likeness (QED) is 0.136. The number of hydrogen-bond acceptors (Lipinski definition) is 14. The van der Waals surface area contributed by atoms with Crippen LogP contribution in [-0.4, -0.2) is 152 Å². The van der Waals surface area contributed by atoms with Crippen LogP contribution in [0.15, 0.2) is 0 Å². The van der Waals surface area contributed by atoms with Crippen molar-refractivity contribution in [1.82, 2.24) is 0 Å². The first-order valence-electron chi connectivity index (χ1n) is 19.6. The first-order chi connectivity index (χ1) is 24.4. The Hall–Kier alpha value is -0.560. The molecule has 0 amide bonds. The van der Waals surface area contributed by atoms with E-state index in [1.807, 2.05) is 20.8 Å². The van der Waals surface area contributed by atoms with Crippen molar-refractivity contribution in [3.05, 3.63) is 0 Å². The molecule has 0 aromatic rings. The third kappa shape index (κ3) is 6.82. The highest BCUT2D eigenvalue weighted by molar-refractivity contribution is 5.21. The molecule has 6 fully saturated rings. The predicted octanol–water partition coefficient (Wildman–Crippen LogP) is 0.0474. The molecule has 0 bridgehead atoms. The van der Waals surface area contributed by atoms with Gasteiger partial charge in [0, 0.05) is 25.4 Å². The van der Waals surface area contributed by atoms with E-state index < -0.39 is 103 Å². The molecular weight excluding hydrogens is 680 g/mol. The summed E-state index contributed by atoms with van der Waals surface area (Å²) in [5.74, 6) is -0.911. The molecule has 2 heterocycles. The highest BCUT2D eigenvalue weighted by Crippen LogP contribution is 2.70. The number of ether oxygens (including phenoxy) is 5.